The Labute approximate surface area is 160 Å². The van der Waals surface area contributed by atoms with Crippen LogP contribution in [0.25, 0.3) is 0 Å². The zero-order chi connectivity index (χ0) is 18.9. The molecule has 0 fully saturated rings. The summed E-state index contributed by atoms with van der Waals surface area (Å²) in [6.07, 6.45) is 2.54. The number of anilines is 1. The summed E-state index contributed by atoms with van der Waals surface area (Å²) in [5.74, 6) is 1.32. The number of non-ortho nitro benzene ring substituents is 1. The molecule has 0 aliphatic carbocycles. The minimum Gasteiger partial charge on any atom is -0.490 e. The standard InChI is InChI=1S/C18H20BrN3O4/c1-3-9-26-18-16(19)10-13(11-17(18)25-4-2)12-20-21-14-5-7-15(8-6-14)22(23)24/h5-8,10-12,21H,3-4,9H2,1-2H3/b20-12+. The van der Waals surface area contributed by atoms with E-state index in [9.17, 15) is 10.1 Å². The largest absolute Gasteiger partial charge is 0.490 e. The van der Waals surface area contributed by atoms with Gasteiger partial charge in [-0.05, 0) is 59.1 Å². The van der Waals surface area contributed by atoms with Gasteiger partial charge in [-0.15, -0.1) is 0 Å². The molecule has 0 atom stereocenters. The number of rotatable bonds is 9. The molecular formula is C18H20BrN3O4. The smallest absolute Gasteiger partial charge is 0.269 e. The van der Waals surface area contributed by atoms with Crippen LogP contribution in [0.15, 0.2) is 46.0 Å². The number of ether oxygens (including phenoxy) is 2. The fourth-order valence-electron chi connectivity index (χ4n) is 2.11. The Kier molecular flexibility index (Phi) is 7.40. The topological polar surface area (TPSA) is 86.0 Å². The van der Waals surface area contributed by atoms with E-state index in [1.54, 1.807) is 18.3 Å². The first-order chi connectivity index (χ1) is 12.5. The maximum atomic E-state index is 10.7. The summed E-state index contributed by atoms with van der Waals surface area (Å²) < 4.78 is 12.2. The van der Waals surface area contributed by atoms with Crippen LogP contribution >= 0.6 is 15.9 Å². The minimum absolute atomic E-state index is 0.0347. The lowest BCUT2D eigenvalue weighted by molar-refractivity contribution is -0.384. The van der Waals surface area contributed by atoms with E-state index < -0.39 is 4.92 Å². The summed E-state index contributed by atoms with van der Waals surface area (Å²) >= 11 is 3.51. The van der Waals surface area contributed by atoms with Crippen LogP contribution in [0.3, 0.4) is 0 Å². The molecule has 0 saturated heterocycles. The molecule has 0 bridgehead atoms. The van der Waals surface area contributed by atoms with Crippen molar-refractivity contribution in [3.8, 4) is 11.5 Å². The molecule has 2 aromatic rings. The second-order valence-electron chi connectivity index (χ2n) is 5.29. The number of hydrazone groups is 1. The van der Waals surface area contributed by atoms with Gasteiger partial charge in [-0.2, -0.15) is 5.10 Å². The molecule has 0 aliphatic heterocycles. The molecule has 8 heteroatoms. The maximum absolute atomic E-state index is 10.7. The van der Waals surface area contributed by atoms with E-state index in [4.69, 9.17) is 9.47 Å². The molecule has 0 aromatic heterocycles. The Balaban J connectivity index is 2.12. The predicted octanol–water partition coefficient (Wildman–Crippen LogP) is 4.99. The van der Waals surface area contributed by atoms with E-state index in [2.05, 4.69) is 26.5 Å². The van der Waals surface area contributed by atoms with Gasteiger partial charge < -0.3 is 9.47 Å². The third-order valence-electron chi connectivity index (χ3n) is 3.27. The van der Waals surface area contributed by atoms with Gasteiger partial charge in [0.15, 0.2) is 11.5 Å². The van der Waals surface area contributed by atoms with E-state index in [-0.39, 0.29) is 5.69 Å². The van der Waals surface area contributed by atoms with E-state index in [1.807, 2.05) is 26.0 Å². The summed E-state index contributed by atoms with van der Waals surface area (Å²) in [4.78, 5) is 10.2. The number of nitrogens with zero attached hydrogens (tertiary/aromatic N) is 2. The van der Waals surface area contributed by atoms with E-state index in [0.29, 0.717) is 30.4 Å². The van der Waals surface area contributed by atoms with Crippen molar-refractivity contribution in [2.45, 2.75) is 20.3 Å². The van der Waals surface area contributed by atoms with Gasteiger partial charge in [0.2, 0.25) is 0 Å². The van der Waals surface area contributed by atoms with Crippen molar-refractivity contribution in [2.24, 2.45) is 5.10 Å². The molecule has 0 spiro atoms. The molecule has 7 nitrogen and oxygen atoms in total. The molecule has 0 aliphatic rings. The van der Waals surface area contributed by atoms with Crippen molar-refractivity contribution >= 4 is 33.5 Å². The number of hydrogen-bond acceptors (Lipinski definition) is 6. The highest BCUT2D eigenvalue weighted by atomic mass is 79.9. The van der Waals surface area contributed by atoms with Gasteiger partial charge in [0.05, 0.1) is 34.5 Å². The van der Waals surface area contributed by atoms with Crippen LogP contribution in [0, 0.1) is 10.1 Å². The molecule has 2 aromatic carbocycles. The lowest BCUT2D eigenvalue weighted by Crippen LogP contribution is -2.02. The maximum Gasteiger partial charge on any atom is 0.269 e. The van der Waals surface area contributed by atoms with Gasteiger partial charge in [0.1, 0.15) is 0 Å². The first-order valence-electron chi connectivity index (χ1n) is 8.17. The number of benzene rings is 2. The zero-order valence-corrected chi connectivity index (χ0v) is 16.2. The van der Waals surface area contributed by atoms with Gasteiger partial charge in [0, 0.05) is 12.1 Å². The number of nitrogens with one attached hydrogen (secondary N) is 1. The summed E-state index contributed by atoms with van der Waals surface area (Å²) in [6, 6.07) is 9.76. The highest BCUT2D eigenvalue weighted by Gasteiger charge is 2.11. The first kappa shape index (κ1) is 19.7. The average molecular weight is 422 g/mol. The highest BCUT2D eigenvalue weighted by molar-refractivity contribution is 9.10. The quantitative estimate of drug-likeness (QED) is 0.350. The fraction of sp³-hybridized carbons (Fsp3) is 0.278. The van der Waals surface area contributed by atoms with Crippen molar-refractivity contribution in [2.75, 3.05) is 18.6 Å². The molecule has 0 heterocycles. The molecule has 0 saturated carbocycles. The van der Waals surface area contributed by atoms with Crippen molar-refractivity contribution in [3.05, 3.63) is 56.5 Å². The van der Waals surface area contributed by atoms with Crippen LogP contribution in [0.5, 0.6) is 11.5 Å². The van der Waals surface area contributed by atoms with Crippen LogP contribution in [-0.4, -0.2) is 24.4 Å². The number of hydrogen-bond donors (Lipinski definition) is 1. The first-order valence-corrected chi connectivity index (χ1v) is 8.97. The minimum atomic E-state index is -0.442. The number of halogens is 1. The lowest BCUT2D eigenvalue weighted by Gasteiger charge is -2.14. The summed E-state index contributed by atoms with van der Waals surface area (Å²) in [5, 5.41) is 14.8. The zero-order valence-electron chi connectivity index (χ0n) is 14.6. The molecule has 2 rings (SSSR count). The summed E-state index contributed by atoms with van der Waals surface area (Å²) in [5.41, 5.74) is 4.34. The molecule has 0 radical (unpaired) electrons. The third-order valence-corrected chi connectivity index (χ3v) is 3.86. The Morgan fingerprint density at radius 1 is 1.23 bits per heavy atom. The van der Waals surface area contributed by atoms with Gasteiger partial charge in [-0.3, -0.25) is 15.5 Å². The normalized spacial score (nSPS) is 10.7. The van der Waals surface area contributed by atoms with Crippen molar-refractivity contribution in [1.29, 1.82) is 0 Å². The number of nitro benzene ring substituents is 1. The van der Waals surface area contributed by atoms with Crippen molar-refractivity contribution in [3.63, 3.8) is 0 Å². The van der Waals surface area contributed by atoms with Crippen LogP contribution in [-0.2, 0) is 0 Å². The van der Waals surface area contributed by atoms with Crippen LogP contribution in [0.4, 0.5) is 11.4 Å². The Hall–Kier alpha value is -2.61. The van der Waals surface area contributed by atoms with Gasteiger partial charge in [-0.1, -0.05) is 6.92 Å². The molecule has 0 amide bonds. The van der Waals surface area contributed by atoms with Crippen LogP contribution in [0.2, 0.25) is 0 Å². The third kappa shape index (κ3) is 5.45. The van der Waals surface area contributed by atoms with Crippen molar-refractivity contribution in [1.82, 2.24) is 0 Å². The second kappa shape index (κ2) is 9.76. The Morgan fingerprint density at radius 2 is 1.96 bits per heavy atom. The van der Waals surface area contributed by atoms with Gasteiger partial charge >= 0.3 is 0 Å². The van der Waals surface area contributed by atoms with E-state index in [0.717, 1.165) is 16.5 Å². The predicted molar refractivity (Wildman–Crippen MR) is 105 cm³/mol. The Morgan fingerprint density at radius 3 is 2.58 bits per heavy atom. The molecule has 26 heavy (non-hydrogen) atoms. The molecular weight excluding hydrogens is 402 g/mol. The summed E-state index contributed by atoms with van der Waals surface area (Å²) in [7, 11) is 0. The second-order valence-corrected chi connectivity index (χ2v) is 6.14. The number of nitro groups is 1. The van der Waals surface area contributed by atoms with Crippen LogP contribution < -0.4 is 14.9 Å². The lowest BCUT2D eigenvalue weighted by atomic mass is 10.2. The highest BCUT2D eigenvalue weighted by Crippen LogP contribution is 2.36. The average Bonchev–Trinajstić information content (AvgIpc) is 2.62. The Bertz CT molecular complexity index is 779. The van der Waals surface area contributed by atoms with Gasteiger partial charge in [-0.25, -0.2) is 0 Å². The fourth-order valence-corrected chi connectivity index (χ4v) is 2.68. The van der Waals surface area contributed by atoms with E-state index >= 15 is 0 Å². The SMILES string of the molecule is CCCOc1c(Br)cc(/C=N/Nc2ccc([N+](=O)[O-])cc2)cc1OCC. The monoisotopic (exact) mass is 421 g/mol. The van der Waals surface area contributed by atoms with Crippen LogP contribution in [0.1, 0.15) is 25.8 Å². The molecule has 0 unspecified atom stereocenters. The molecule has 138 valence electrons. The summed E-state index contributed by atoms with van der Waals surface area (Å²) in [6.45, 7) is 5.08. The van der Waals surface area contributed by atoms with E-state index in [1.165, 1.54) is 12.1 Å². The van der Waals surface area contributed by atoms with Gasteiger partial charge in [0.25, 0.3) is 5.69 Å². The molecule has 1 N–H and O–H groups in total. The van der Waals surface area contributed by atoms with Crippen molar-refractivity contribution < 1.29 is 14.4 Å².